The second kappa shape index (κ2) is 6.12. The highest BCUT2D eigenvalue weighted by molar-refractivity contribution is 5.96. The van der Waals surface area contributed by atoms with Gasteiger partial charge in [-0.1, -0.05) is 0 Å². The molecule has 28 heavy (non-hydrogen) atoms. The van der Waals surface area contributed by atoms with Crippen molar-refractivity contribution < 1.29 is 19.1 Å². The maximum atomic E-state index is 13.2. The van der Waals surface area contributed by atoms with E-state index in [9.17, 15) is 14.4 Å². The number of hydrogen-bond donors (Lipinski definition) is 1. The summed E-state index contributed by atoms with van der Waals surface area (Å²) in [6, 6.07) is 6.97. The fourth-order valence-electron chi connectivity index (χ4n) is 4.19. The summed E-state index contributed by atoms with van der Waals surface area (Å²) in [4.78, 5) is 39.8. The number of rotatable bonds is 2. The number of nitrogens with zero attached hydrogens (tertiary/aromatic N) is 2. The molecule has 0 unspecified atom stereocenters. The minimum absolute atomic E-state index is 0.0112. The van der Waals surface area contributed by atoms with Crippen LogP contribution in [0.3, 0.4) is 0 Å². The first kappa shape index (κ1) is 16.9. The van der Waals surface area contributed by atoms with Crippen LogP contribution in [-0.4, -0.2) is 47.7 Å². The van der Waals surface area contributed by atoms with Gasteiger partial charge in [0.05, 0.1) is 11.6 Å². The number of aryl methyl sites for hydroxylation is 1. The van der Waals surface area contributed by atoms with Crippen molar-refractivity contribution in [3.8, 4) is 17.2 Å². The van der Waals surface area contributed by atoms with Crippen molar-refractivity contribution in [1.82, 2.24) is 14.8 Å². The van der Waals surface area contributed by atoms with E-state index in [0.29, 0.717) is 42.4 Å². The van der Waals surface area contributed by atoms with Gasteiger partial charge in [-0.15, -0.1) is 0 Å². The molecule has 1 aromatic heterocycles. The van der Waals surface area contributed by atoms with Crippen LogP contribution in [0.5, 0.6) is 11.5 Å². The smallest absolute Gasteiger partial charge is 0.268 e. The number of ether oxygens (including phenoxy) is 2. The third-order valence-electron chi connectivity index (χ3n) is 5.75. The van der Waals surface area contributed by atoms with Crippen LogP contribution in [0.25, 0.3) is 5.69 Å². The summed E-state index contributed by atoms with van der Waals surface area (Å²) in [6.45, 7) is 3.33. The fourth-order valence-corrected chi connectivity index (χ4v) is 4.19. The van der Waals surface area contributed by atoms with E-state index in [0.717, 1.165) is 0 Å². The monoisotopic (exact) mass is 381 g/mol. The maximum Gasteiger partial charge on any atom is 0.268 e. The summed E-state index contributed by atoms with van der Waals surface area (Å²) in [5, 5.41) is 2.83. The average molecular weight is 381 g/mol. The van der Waals surface area contributed by atoms with Gasteiger partial charge in [0.15, 0.2) is 11.5 Å². The number of likely N-dealkylation sites (tertiary alicyclic amines) is 1. The van der Waals surface area contributed by atoms with Crippen molar-refractivity contribution in [3.05, 3.63) is 51.9 Å². The third-order valence-corrected chi connectivity index (χ3v) is 5.75. The van der Waals surface area contributed by atoms with Crippen molar-refractivity contribution in [2.75, 3.05) is 26.4 Å². The molecule has 2 saturated heterocycles. The normalized spacial score (nSPS) is 22.3. The molecule has 0 radical (unpaired) electrons. The molecule has 0 saturated carbocycles. The van der Waals surface area contributed by atoms with E-state index in [1.807, 2.05) is 0 Å². The zero-order valence-electron chi connectivity index (χ0n) is 15.3. The van der Waals surface area contributed by atoms with Crippen LogP contribution in [0.15, 0.2) is 35.3 Å². The lowest BCUT2D eigenvalue weighted by Crippen LogP contribution is -2.38. The summed E-state index contributed by atoms with van der Waals surface area (Å²) in [7, 11) is 0. The first-order valence-corrected chi connectivity index (χ1v) is 9.22. The molecular weight excluding hydrogens is 362 g/mol. The predicted molar refractivity (Wildman–Crippen MR) is 98.8 cm³/mol. The van der Waals surface area contributed by atoms with Gasteiger partial charge < -0.3 is 19.7 Å². The second-order valence-corrected chi connectivity index (χ2v) is 7.41. The van der Waals surface area contributed by atoms with Gasteiger partial charge in [-0.25, -0.2) is 0 Å². The zero-order chi connectivity index (χ0) is 19.4. The Hall–Kier alpha value is -3.29. The van der Waals surface area contributed by atoms with E-state index < -0.39 is 0 Å². The van der Waals surface area contributed by atoms with Crippen molar-refractivity contribution in [3.63, 3.8) is 0 Å². The molecule has 2 amide bonds. The number of benzene rings is 1. The number of carbonyl (C=O) groups excluding carboxylic acids is 2. The van der Waals surface area contributed by atoms with Crippen LogP contribution in [-0.2, 0) is 4.79 Å². The Balaban J connectivity index is 1.50. The fraction of sp³-hybridized carbons (Fsp3) is 0.350. The van der Waals surface area contributed by atoms with Crippen LogP contribution in [0.4, 0.5) is 0 Å². The average Bonchev–Trinajstić information content (AvgIpc) is 3.38. The van der Waals surface area contributed by atoms with E-state index in [1.165, 1.54) is 4.57 Å². The van der Waals surface area contributed by atoms with Crippen LogP contribution >= 0.6 is 0 Å². The summed E-state index contributed by atoms with van der Waals surface area (Å²) < 4.78 is 12.1. The molecule has 144 valence electrons. The topological polar surface area (TPSA) is 89.9 Å². The van der Waals surface area contributed by atoms with E-state index in [1.54, 1.807) is 42.3 Å². The van der Waals surface area contributed by atoms with Crippen molar-refractivity contribution in [2.24, 2.45) is 11.8 Å². The van der Waals surface area contributed by atoms with Gasteiger partial charge in [-0.3, -0.25) is 19.0 Å². The maximum absolute atomic E-state index is 13.2. The Labute approximate surface area is 160 Å². The van der Waals surface area contributed by atoms with E-state index in [4.69, 9.17) is 9.47 Å². The molecular formula is C20H19N3O5. The van der Waals surface area contributed by atoms with Gasteiger partial charge in [0.1, 0.15) is 5.56 Å². The Kier molecular flexibility index (Phi) is 3.68. The molecule has 0 bridgehead atoms. The molecule has 0 aliphatic carbocycles. The predicted octanol–water partition coefficient (Wildman–Crippen LogP) is 0.693. The van der Waals surface area contributed by atoms with Crippen LogP contribution in [0.2, 0.25) is 0 Å². The van der Waals surface area contributed by atoms with Gasteiger partial charge in [0, 0.05) is 37.8 Å². The first-order valence-electron chi connectivity index (χ1n) is 9.22. The standard InChI is InChI=1S/C20H19N3O5/c1-11-4-5-23(13-2-3-15-16(6-13)28-10-27-15)20(26)17(11)19(25)22-8-12-7-21-18(24)14(12)9-22/h2-6,12,14H,7-10H2,1H3,(H,21,24)/t12-,14+/m0/s1. The van der Waals surface area contributed by atoms with Gasteiger partial charge in [0.2, 0.25) is 12.7 Å². The number of nitrogens with one attached hydrogen (secondary N) is 1. The van der Waals surface area contributed by atoms with Gasteiger partial charge in [-0.2, -0.15) is 0 Å². The van der Waals surface area contributed by atoms with Gasteiger partial charge >= 0.3 is 0 Å². The Bertz CT molecular complexity index is 1060. The van der Waals surface area contributed by atoms with Crippen LogP contribution < -0.4 is 20.3 Å². The van der Waals surface area contributed by atoms with Crippen molar-refractivity contribution >= 4 is 11.8 Å². The summed E-state index contributed by atoms with van der Waals surface area (Å²) in [5.74, 6) is 0.807. The van der Waals surface area contributed by atoms with Gasteiger partial charge in [-0.05, 0) is 30.7 Å². The molecule has 2 fully saturated rings. The lowest BCUT2D eigenvalue weighted by atomic mass is 10.0. The van der Waals surface area contributed by atoms with E-state index in [-0.39, 0.29) is 41.6 Å². The SMILES string of the molecule is Cc1ccn(-c2ccc3c(c2)OCO3)c(=O)c1C(=O)N1C[C@@H]2CNC(=O)[C@@H]2C1. The minimum atomic E-state index is -0.384. The molecule has 3 aliphatic rings. The number of pyridine rings is 1. The summed E-state index contributed by atoms with van der Waals surface area (Å²) >= 11 is 0. The molecule has 3 aliphatic heterocycles. The molecule has 2 aromatic rings. The minimum Gasteiger partial charge on any atom is -0.454 e. The Morgan fingerprint density at radius 1 is 1.14 bits per heavy atom. The summed E-state index contributed by atoms with van der Waals surface area (Å²) in [6.07, 6.45) is 1.65. The van der Waals surface area contributed by atoms with E-state index >= 15 is 0 Å². The Morgan fingerprint density at radius 3 is 2.79 bits per heavy atom. The lowest BCUT2D eigenvalue weighted by molar-refractivity contribution is -0.122. The number of hydrogen-bond acceptors (Lipinski definition) is 5. The van der Waals surface area contributed by atoms with Crippen LogP contribution in [0.1, 0.15) is 15.9 Å². The zero-order valence-corrected chi connectivity index (χ0v) is 15.3. The third kappa shape index (κ3) is 2.48. The number of carbonyl (C=O) groups is 2. The van der Waals surface area contributed by atoms with Gasteiger partial charge in [0.25, 0.3) is 11.5 Å². The largest absolute Gasteiger partial charge is 0.454 e. The molecule has 1 N–H and O–H groups in total. The molecule has 2 atom stereocenters. The molecule has 8 nitrogen and oxygen atoms in total. The first-order chi connectivity index (χ1) is 13.5. The molecule has 8 heteroatoms. The highest BCUT2D eigenvalue weighted by Crippen LogP contribution is 2.33. The summed E-state index contributed by atoms with van der Waals surface area (Å²) in [5.41, 5.74) is 0.973. The molecule has 1 aromatic carbocycles. The number of aromatic nitrogens is 1. The number of fused-ring (bicyclic) bond motifs is 2. The number of amides is 2. The lowest BCUT2D eigenvalue weighted by Gasteiger charge is -2.19. The van der Waals surface area contributed by atoms with Crippen molar-refractivity contribution in [2.45, 2.75) is 6.92 Å². The molecule has 4 heterocycles. The van der Waals surface area contributed by atoms with E-state index in [2.05, 4.69) is 5.32 Å². The quantitative estimate of drug-likeness (QED) is 0.827. The molecule has 0 spiro atoms. The highest BCUT2D eigenvalue weighted by atomic mass is 16.7. The highest BCUT2D eigenvalue weighted by Gasteiger charge is 2.44. The van der Waals surface area contributed by atoms with Crippen molar-refractivity contribution in [1.29, 1.82) is 0 Å². The Morgan fingerprint density at radius 2 is 1.96 bits per heavy atom. The second-order valence-electron chi connectivity index (χ2n) is 7.41. The van der Waals surface area contributed by atoms with Crippen LogP contribution in [0, 0.1) is 18.8 Å². The molecule has 5 rings (SSSR count).